The number of benzene rings is 1. The molecular formula is C13H10F2N2O5S. The monoisotopic (exact) mass is 344 g/mol. The van der Waals surface area contributed by atoms with Gasteiger partial charge >= 0.3 is 11.4 Å². The molecule has 0 aliphatic carbocycles. The van der Waals surface area contributed by atoms with Crippen molar-refractivity contribution >= 4 is 15.5 Å². The van der Waals surface area contributed by atoms with E-state index in [1.807, 2.05) is 0 Å². The van der Waals surface area contributed by atoms with Crippen LogP contribution in [0.3, 0.4) is 0 Å². The summed E-state index contributed by atoms with van der Waals surface area (Å²) in [5.41, 5.74) is -0.0440. The summed E-state index contributed by atoms with van der Waals surface area (Å²) in [5, 5.41) is 11.0. The number of aryl methyl sites for hydroxylation is 1. The van der Waals surface area contributed by atoms with E-state index >= 15 is 0 Å². The van der Waals surface area contributed by atoms with E-state index < -0.39 is 31.1 Å². The second-order valence-electron chi connectivity index (χ2n) is 4.43. The third-order valence-electron chi connectivity index (χ3n) is 2.80. The molecule has 2 aromatic rings. The minimum Gasteiger partial charge on any atom is -0.449 e. The van der Waals surface area contributed by atoms with Gasteiger partial charge in [0, 0.05) is 11.8 Å². The summed E-state index contributed by atoms with van der Waals surface area (Å²) in [4.78, 5) is 13.2. The normalized spacial score (nSPS) is 11.5. The Labute approximate surface area is 129 Å². The lowest BCUT2D eigenvalue weighted by Gasteiger charge is -2.08. The second-order valence-corrected chi connectivity index (χ2v) is 6.35. The van der Waals surface area contributed by atoms with Gasteiger partial charge in [-0.25, -0.2) is 8.42 Å². The molecular weight excluding hydrogens is 334 g/mol. The SMILES string of the molecule is Cc1ccc(Oc2ccc(S(=O)(=O)C(F)F)cc2[N+](=O)[O-])cn1. The number of hydrogen-bond acceptors (Lipinski definition) is 6. The molecule has 7 nitrogen and oxygen atoms in total. The number of aromatic nitrogens is 1. The first-order chi connectivity index (χ1) is 10.7. The zero-order chi connectivity index (χ0) is 17.2. The largest absolute Gasteiger partial charge is 0.449 e. The van der Waals surface area contributed by atoms with Crippen molar-refractivity contribution in [2.45, 2.75) is 17.6 Å². The van der Waals surface area contributed by atoms with E-state index in [0.29, 0.717) is 11.8 Å². The minimum atomic E-state index is -4.93. The molecule has 1 heterocycles. The summed E-state index contributed by atoms with van der Waals surface area (Å²) >= 11 is 0. The molecule has 1 aromatic carbocycles. The van der Waals surface area contributed by atoms with Crippen molar-refractivity contribution in [2.24, 2.45) is 0 Å². The molecule has 0 aliphatic heterocycles. The third-order valence-corrected chi connectivity index (χ3v) is 4.18. The molecule has 0 radical (unpaired) electrons. The fraction of sp³-hybridized carbons (Fsp3) is 0.154. The van der Waals surface area contributed by atoms with Gasteiger partial charge in [0.15, 0.2) is 0 Å². The summed E-state index contributed by atoms with van der Waals surface area (Å²) < 4.78 is 53.1. The Balaban J connectivity index is 2.45. The molecule has 1 aromatic heterocycles. The summed E-state index contributed by atoms with van der Waals surface area (Å²) in [6.45, 7) is 1.73. The van der Waals surface area contributed by atoms with E-state index in [-0.39, 0.29) is 11.5 Å². The Hall–Kier alpha value is -2.62. The lowest BCUT2D eigenvalue weighted by molar-refractivity contribution is -0.385. The first-order valence-electron chi connectivity index (χ1n) is 6.13. The molecule has 0 amide bonds. The van der Waals surface area contributed by atoms with Crippen LogP contribution in [-0.4, -0.2) is 24.1 Å². The molecule has 0 spiro atoms. The van der Waals surface area contributed by atoms with E-state index in [1.54, 1.807) is 13.0 Å². The molecule has 0 bridgehead atoms. The highest BCUT2D eigenvalue weighted by atomic mass is 32.2. The molecule has 122 valence electrons. The number of halogens is 2. The van der Waals surface area contributed by atoms with Crippen molar-refractivity contribution in [1.82, 2.24) is 4.98 Å². The summed E-state index contributed by atoms with van der Waals surface area (Å²) in [6.07, 6.45) is 1.32. The topological polar surface area (TPSA) is 99.4 Å². The van der Waals surface area contributed by atoms with Crippen molar-refractivity contribution < 1.29 is 26.9 Å². The van der Waals surface area contributed by atoms with Crippen molar-refractivity contribution in [1.29, 1.82) is 0 Å². The minimum absolute atomic E-state index is 0.183. The Morgan fingerprint density at radius 3 is 2.48 bits per heavy atom. The Morgan fingerprint density at radius 1 is 1.26 bits per heavy atom. The zero-order valence-corrected chi connectivity index (χ0v) is 12.5. The van der Waals surface area contributed by atoms with Crippen LogP contribution in [0.2, 0.25) is 0 Å². The fourth-order valence-corrected chi connectivity index (χ4v) is 2.39. The lowest BCUT2D eigenvalue weighted by atomic mass is 10.3. The summed E-state index contributed by atoms with van der Waals surface area (Å²) in [7, 11) is -4.93. The number of nitrogens with zero attached hydrogens (tertiary/aromatic N) is 2. The molecule has 0 unspecified atom stereocenters. The van der Waals surface area contributed by atoms with Gasteiger partial charge in [0.25, 0.3) is 0 Å². The van der Waals surface area contributed by atoms with Gasteiger partial charge in [-0.05, 0) is 31.2 Å². The Bertz CT molecular complexity index is 838. The van der Waals surface area contributed by atoms with Crippen LogP contribution in [-0.2, 0) is 9.84 Å². The molecule has 0 N–H and O–H groups in total. The fourth-order valence-electron chi connectivity index (χ4n) is 1.65. The highest BCUT2D eigenvalue weighted by Gasteiger charge is 2.29. The molecule has 10 heteroatoms. The number of ether oxygens (including phenoxy) is 1. The van der Waals surface area contributed by atoms with Crippen molar-refractivity contribution in [3.8, 4) is 11.5 Å². The van der Waals surface area contributed by atoms with Gasteiger partial charge in [0.1, 0.15) is 5.75 Å². The Morgan fingerprint density at radius 2 is 1.96 bits per heavy atom. The number of alkyl halides is 2. The first kappa shape index (κ1) is 16.7. The molecule has 0 atom stereocenters. The summed E-state index contributed by atoms with van der Waals surface area (Å²) in [5.74, 6) is -3.77. The van der Waals surface area contributed by atoms with E-state index in [0.717, 1.165) is 12.1 Å². The standard InChI is InChI=1S/C13H10F2N2O5S/c1-8-2-3-9(7-16-8)22-12-5-4-10(6-11(12)17(18)19)23(20,21)13(14)15/h2-7,13H,1H3. The van der Waals surface area contributed by atoms with E-state index in [4.69, 9.17) is 4.74 Å². The number of hydrogen-bond donors (Lipinski definition) is 0. The molecule has 23 heavy (non-hydrogen) atoms. The van der Waals surface area contributed by atoms with Gasteiger partial charge in [-0.1, -0.05) is 0 Å². The molecule has 2 rings (SSSR count). The lowest BCUT2D eigenvalue weighted by Crippen LogP contribution is -2.11. The average Bonchev–Trinajstić information content (AvgIpc) is 2.49. The highest BCUT2D eigenvalue weighted by Crippen LogP contribution is 2.34. The van der Waals surface area contributed by atoms with Crippen LogP contribution >= 0.6 is 0 Å². The van der Waals surface area contributed by atoms with Gasteiger partial charge in [-0.3, -0.25) is 15.1 Å². The maximum Gasteiger partial charge on any atom is 0.341 e. The average molecular weight is 344 g/mol. The van der Waals surface area contributed by atoms with Gasteiger partial charge in [-0.2, -0.15) is 8.78 Å². The van der Waals surface area contributed by atoms with Crippen LogP contribution in [0.4, 0.5) is 14.5 Å². The van der Waals surface area contributed by atoms with Gasteiger partial charge in [-0.15, -0.1) is 0 Å². The van der Waals surface area contributed by atoms with Gasteiger partial charge in [0.05, 0.1) is 16.0 Å². The smallest absolute Gasteiger partial charge is 0.341 e. The predicted molar refractivity (Wildman–Crippen MR) is 75.3 cm³/mol. The first-order valence-corrected chi connectivity index (χ1v) is 7.67. The maximum absolute atomic E-state index is 12.5. The van der Waals surface area contributed by atoms with Crippen LogP contribution in [0.15, 0.2) is 41.4 Å². The third kappa shape index (κ3) is 3.59. The predicted octanol–water partition coefficient (Wildman–Crippen LogP) is 3.09. The van der Waals surface area contributed by atoms with E-state index in [9.17, 15) is 27.3 Å². The van der Waals surface area contributed by atoms with Gasteiger partial charge < -0.3 is 4.74 Å². The van der Waals surface area contributed by atoms with Crippen LogP contribution in [0, 0.1) is 17.0 Å². The second kappa shape index (κ2) is 6.24. The van der Waals surface area contributed by atoms with Crippen LogP contribution < -0.4 is 4.74 Å². The number of rotatable bonds is 5. The number of nitro groups is 1. The molecule has 0 saturated heterocycles. The van der Waals surface area contributed by atoms with Crippen LogP contribution in [0.1, 0.15) is 5.69 Å². The zero-order valence-electron chi connectivity index (χ0n) is 11.6. The Kier molecular flexibility index (Phi) is 4.55. The number of sulfone groups is 1. The highest BCUT2D eigenvalue weighted by molar-refractivity contribution is 7.91. The van der Waals surface area contributed by atoms with Crippen molar-refractivity contribution in [2.75, 3.05) is 0 Å². The van der Waals surface area contributed by atoms with Crippen molar-refractivity contribution in [3.05, 3.63) is 52.3 Å². The molecule has 0 fully saturated rings. The number of nitro benzene ring substituents is 1. The van der Waals surface area contributed by atoms with Crippen LogP contribution in [0.25, 0.3) is 0 Å². The van der Waals surface area contributed by atoms with E-state index in [1.165, 1.54) is 12.3 Å². The van der Waals surface area contributed by atoms with Gasteiger partial charge in [0.2, 0.25) is 15.6 Å². The molecule has 0 saturated carbocycles. The quantitative estimate of drug-likeness (QED) is 0.610. The maximum atomic E-state index is 12.5. The summed E-state index contributed by atoms with van der Waals surface area (Å²) in [6, 6.07) is 5.43. The van der Waals surface area contributed by atoms with Crippen molar-refractivity contribution in [3.63, 3.8) is 0 Å². The molecule has 0 aliphatic rings. The number of pyridine rings is 1. The van der Waals surface area contributed by atoms with Crippen LogP contribution in [0.5, 0.6) is 11.5 Å². The van der Waals surface area contributed by atoms with E-state index in [2.05, 4.69) is 4.98 Å².